The first kappa shape index (κ1) is 18.4. The number of halogens is 4. The van der Waals surface area contributed by atoms with Gasteiger partial charge in [-0.1, -0.05) is 6.92 Å². The molecule has 0 saturated heterocycles. The van der Waals surface area contributed by atoms with Crippen LogP contribution in [0.2, 0.25) is 0 Å². The molecule has 1 N–H and O–H groups in total. The summed E-state index contributed by atoms with van der Waals surface area (Å²) < 4.78 is 53.5. The molecule has 5 nitrogen and oxygen atoms in total. The standard InChI is InChI=1S/C17H17F4N3O2/c1-10-8-23(15(25)16(2,26)17(19,20)21)9-11-7-22-24(14(10)11)13-5-3-12(18)4-6-13/h3-7,10,26H,8-9H2,1-2H3/t10-,16?/m1/s1. The van der Waals surface area contributed by atoms with E-state index in [0.29, 0.717) is 18.2 Å². The summed E-state index contributed by atoms with van der Waals surface area (Å²) in [5.41, 5.74) is -1.51. The van der Waals surface area contributed by atoms with Crippen LogP contribution in [0.15, 0.2) is 30.5 Å². The SMILES string of the molecule is C[C@@H]1CN(C(=O)C(C)(O)C(F)(F)F)Cc2cnn(-c3ccc(F)cc3)c21. The van der Waals surface area contributed by atoms with E-state index in [9.17, 15) is 27.5 Å². The highest BCUT2D eigenvalue weighted by atomic mass is 19.4. The van der Waals surface area contributed by atoms with Gasteiger partial charge in [-0.3, -0.25) is 4.79 Å². The smallest absolute Gasteiger partial charge is 0.373 e. The summed E-state index contributed by atoms with van der Waals surface area (Å²) in [6.07, 6.45) is -3.59. The number of amides is 1. The van der Waals surface area contributed by atoms with E-state index < -0.39 is 23.5 Å². The number of carbonyl (C=O) groups excluding carboxylic acids is 1. The van der Waals surface area contributed by atoms with Crippen molar-refractivity contribution in [2.24, 2.45) is 0 Å². The molecule has 1 unspecified atom stereocenters. The quantitative estimate of drug-likeness (QED) is 0.826. The van der Waals surface area contributed by atoms with Crippen LogP contribution in [-0.2, 0) is 11.3 Å². The maximum Gasteiger partial charge on any atom is 0.426 e. The van der Waals surface area contributed by atoms with Gasteiger partial charge in [-0.15, -0.1) is 0 Å². The average molecular weight is 371 g/mol. The average Bonchev–Trinajstić information content (AvgIpc) is 2.98. The van der Waals surface area contributed by atoms with Gasteiger partial charge in [0, 0.05) is 24.6 Å². The number of hydrogen-bond acceptors (Lipinski definition) is 3. The van der Waals surface area contributed by atoms with Crippen LogP contribution < -0.4 is 0 Å². The van der Waals surface area contributed by atoms with Crippen molar-refractivity contribution in [3.63, 3.8) is 0 Å². The minimum absolute atomic E-state index is 0.00491. The van der Waals surface area contributed by atoms with Gasteiger partial charge < -0.3 is 10.0 Å². The Labute approximate surface area is 146 Å². The van der Waals surface area contributed by atoms with E-state index in [1.165, 1.54) is 18.3 Å². The Bertz CT molecular complexity index is 828. The fourth-order valence-electron chi connectivity index (χ4n) is 3.10. The first-order valence-electron chi connectivity index (χ1n) is 7.93. The summed E-state index contributed by atoms with van der Waals surface area (Å²) in [4.78, 5) is 13.2. The number of rotatable bonds is 2. The molecule has 2 atom stereocenters. The van der Waals surface area contributed by atoms with Crippen LogP contribution in [-0.4, -0.2) is 44.0 Å². The molecule has 0 spiro atoms. The van der Waals surface area contributed by atoms with Gasteiger partial charge in [0.05, 0.1) is 17.6 Å². The molecule has 3 rings (SSSR count). The summed E-state index contributed by atoms with van der Waals surface area (Å²) in [7, 11) is 0. The summed E-state index contributed by atoms with van der Waals surface area (Å²) in [5.74, 6) is -2.11. The predicted molar refractivity (Wildman–Crippen MR) is 84.0 cm³/mol. The first-order valence-corrected chi connectivity index (χ1v) is 7.93. The highest BCUT2D eigenvalue weighted by Gasteiger charge is 2.57. The Morgan fingerprint density at radius 1 is 1.27 bits per heavy atom. The van der Waals surface area contributed by atoms with E-state index in [0.717, 1.165) is 10.6 Å². The molecule has 2 aromatic rings. The van der Waals surface area contributed by atoms with E-state index >= 15 is 0 Å². The van der Waals surface area contributed by atoms with E-state index in [1.54, 1.807) is 23.7 Å². The number of aromatic nitrogens is 2. The molecule has 1 aromatic carbocycles. The van der Waals surface area contributed by atoms with E-state index in [2.05, 4.69) is 5.10 Å². The Hall–Kier alpha value is -2.42. The molecule has 0 aliphatic carbocycles. The lowest BCUT2D eigenvalue weighted by molar-refractivity contribution is -0.250. The van der Waals surface area contributed by atoms with Crippen LogP contribution in [0.25, 0.3) is 5.69 Å². The van der Waals surface area contributed by atoms with Gasteiger partial charge in [0.25, 0.3) is 5.91 Å². The van der Waals surface area contributed by atoms with Gasteiger partial charge in [-0.25, -0.2) is 9.07 Å². The van der Waals surface area contributed by atoms with Crippen LogP contribution in [0.4, 0.5) is 17.6 Å². The zero-order valence-electron chi connectivity index (χ0n) is 14.1. The molecule has 26 heavy (non-hydrogen) atoms. The molecule has 1 amide bonds. The van der Waals surface area contributed by atoms with Gasteiger partial charge in [-0.2, -0.15) is 18.3 Å². The second-order valence-corrected chi connectivity index (χ2v) is 6.60. The first-order chi connectivity index (χ1) is 12.0. The van der Waals surface area contributed by atoms with E-state index in [-0.39, 0.29) is 19.0 Å². The van der Waals surface area contributed by atoms with Gasteiger partial charge >= 0.3 is 6.18 Å². The third kappa shape index (κ3) is 2.96. The summed E-state index contributed by atoms with van der Waals surface area (Å²) >= 11 is 0. The molecule has 1 aromatic heterocycles. The van der Waals surface area contributed by atoms with Crippen molar-refractivity contribution in [2.75, 3.05) is 6.54 Å². The van der Waals surface area contributed by atoms with Gasteiger partial charge in [0.1, 0.15) is 5.82 Å². The molecule has 9 heteroatoms. The van der Waals surface area contributed by atoms with Crippen molar-refractivity contribution in [3.8, 4) is 5.69 Å². The van der Waals surface area contributed by atoms with Crippen molar-refractivity contribution in [1.29, 1.82) is 0 Å². The molecule has 0 saturated carbocycles. The number of carbonyl (C=O) groups is 1. The topological polar surface area (TPSA) is 58.4 Å². The molecule has 2 heterocycles. The minimum atomic E-state index is -5.06. The second-order valence-electron chi connectivity index (χ2n) is 6.60. The number of fused-ring (bicyclic) bond motifs is 1. The number of benzene rings is 1. The fourth-order valence-corrected chi connectivity index (χ4v) is 3.10. The van der Waals surface area contributed by atoms with Crippen molar-refractivity contribution in [3.05, 3.63) is 47.5 Å². The predicted octanol–water partition coefficient (Wildman–Crippen LogP) is 2.77. The van der Waals surface area contributed by atoms with Crippen LogP contribution >= 0.6 is 0 Å². The summed E-state index contributed by atoms with van der Waals surface area (Å²) in [6, 6.07) is 5.66. The number of hydrogen-bond donors (Lipinski definition) is 1. The van der Waals surface area contributed by atoms with E-state index in [1.807, 2.05) is 0 Å². The number of alkyl halides is 3. The highest BCUT2D eigenvalue weighted by Crippen LogP contribution is 2.35. The zero-order chi connectivity index (χ0) is 19.3. The van der Waals surface area contributed by atoms with Crippen molar-refractivity contribution < 1.29 is 27.5 Å². The monoisotopic (exact) mass is 371 g/mol. The Kier molecular flexibility index (Phi) is 4.30. The zero-order valence-corrected chi connectivity index (χ0v) is 14.1. The number of aliphatic hydroxyl groups is 1. The molecule has 140 valence electrons. The minimum Gasteiger partial charge on any atom is -0.373 e. The largest absolute Gasteiger partial charge is 0.426 e. The Morgan fingerprint density at radius 2 is 1.88 bits per heavy atom. The maximum absolute atomic E-state index is 13.1. The second kappa shape index (κ2) is 6.08. The third-order valence-electron chi connectivity index (χ3n) is 4.54. The molecule has 0 radical (unpaired) electrons. The van der Waals surface area contributed by atoms with Crippen LogP contribution in [0, 0.1) is 5.82 Å². The molecule has 1 aliphatic heterocycles. The lowest BCUT2D eigenvalue weighted by Crippen LogP contribution is -2.57. The van der Waals surface area contributed by atoms with Crippen molar-refractivity contribution in [2.45, 2.75) is 38.1 Å². The lowest BCUT2D eigenvalue weighted by Gasteiger charge is -2.36. The maximum atomic E-state index is 13.1. The number of nitrogens with zero attached hydrogens (tertiary/aromatic N) is 3. The van der Waals surface area contributed by atoms with Crippen molar-refractivity contribution >= 4 is 5.91 Å². The fraction of sp³-hybridized carbons (Fsp3) is 0.412. The summed E-state index contributed by atoms with van der Waals surface area (Å²) in [5, 5.41) is 13.9. The third-order valence-corrected chi connectivity index (χ3v) is 4.54. The molecule has 0 fully saturated rings. The van der Waals surface area contributed by atoms with Gasteiger partial charge in [0.2, 0.25) is 5.60 Å². The Balaban J connectivity index is 1.91. The van der Waals surface area contributed by atoms with Crippen LogP contribution in [0.1, 0.15) is 31.0 Å². The van der Waals surface area contributed by atoms with Gasteiger partial charge in [0.15, 0.2) is 0 Å². The van der Waals surface area contributed by atoms with Gasteiger partial charge in [-0.05, 0) is 31.2 Å². The molecule has 1 aliphatic rings. The van der Waals surface area contributed by atoms with E-state index in [4.69, 9.17) is 0 Å². The highest BCUT2D eigenvalue weighted by molar-refractivity contribution is 5.85. The lowest BCUT2D eigenvalue weighted by atomic mass is 9.95. The van der Waals surface area contributed by atoms with Crippen molar-refractivity contribution in [1.82, 2.24) is 14.7 Å². The summed E-state index contributed by atoms with van der Waals surface area (Å²) in [6.45, 7) is 2.12. The van der Waals surface area contributed by atoms with Crippen LogP contribution in [0.3, 0.4) is 0 Å². The Morgan fingerprint density at radius 3 is 2.46 bits per heavy atom. The normalized spacial score (nSPS) is 19.8. The molecular formula is C17H17F4N3O2. The molecular weight excluding hydrogens is 354 g/mol. The molecule has 0 bridgehead atoms. The van der Waals surface area contributed by atoms with Crippen LogP contribution in [0.5, 0.6) is 0 Å².